The Hall–Kier alpha value is -1.07. The van der Waals surface area contributed by atoms with Gasteiger partial charge in [-0.15, -0.1) is 0 Å². The molecule has 0 atom stereocenters. The zero-order chi connectivity index (χ0) is 11.5. The molecule has 0 radical (unpaired) electrons. The molecule has 1 amide bonds. The van der Waals surface area contributed by atoms with E-state index in [1.54, 1.807) is 12.1 Å². The van der Waals surface area contributed by atoms with Crippen molar-refractivity contribution in [3.8, 4) is 5.75 Å². The SMILES string of the molecule is O=C(CNC1CC1)Nc1cc(Br)ccc1O. The topological polar surface area (TPSA) is 61.4 Å². The Morgan fingerprint density at radius 1 is 1.50 bits per heavy atom. The zero-order valence-corrected chi connectivity index (χ0v) is 10.3. The van der Waals surface area contributed by atoms with Crippen molar-refractivity contribution >= 4 is 27.5 Å². The van der Waals surface area contributed by atoms with Crippen molar-refractivity contribution in [1.82, 2.24) is 5.32 Å². The van der Waals surface area contributed by atoms with Crippen molar-refractivity contribution < 1.29 is 9.90 Å². The fourth-order valence-electron chi connectivity index (χ4n) is 1.33. The lowest BCUT2D eigenvalue weighted by Gasteiger charge is -2.08. The first-order chi connectivity index (χ1) is 7.65. The number of hydrogen-bond donors (Lipinski definition) is 3. The van der Waals surface area contributed by atoms with Crippen molar-refractivity contribution in [3.63, 3.8) is 0 Å². The van der Waals surface area contributed by atoms with Crippen molar-refractivity contribution in [3.05, 3.63) is 22.7 Å². The number of hydrogen-bond acceptors (Lipinski definition) is 3. The Morgan fingerprint density at radius 2 is 2.25 bits per heavy atom. The number of nitrogens with one attached hydrogen (secondary N) is 2. The molecule has 1 aromatic carbocycles. The van der Waals surface area contributed by atoms with Crippen LogP contribution < -0.4 is 10.6 Å². The van der Waals surface area contributed by atoms with Crippen LogP contribution >= 0.6 is 15.9 Å². The number of aromatic hydroxyl groups is 1. The Morgan fingerprint density at radius 3 is 2.94 bits per heavy atom. The first-order valence-electron chi connectivity index (χ1n) is 5.17. The highest BCUT2D eigenvalue weighted by Crippen LogP contribution is 2.26. The van der Waals surface area contributed by atoms with E-state index in [4.69, 9.17) is 0 Å². The number of carbonyl (C=O) groups is 1. The second-order valence-corrected chi connectivity index (χ2v) is 4.78. The summed E-state index contributed by atoms with van der Waals surface area (Å²) in [7, 11) is 0. The molecule has 1 aliphatic carbocycles. The lowest BCUT2D eigenvalue weighted by Crippen LogP contribution is -2.29. The Kier molecular flexibility index (Phi) is 3.46. The van der Waals surface area contributed by atoms with Crippen molar-refractivity contribution in [2.45, 2.75) is 18.9 Å². The van der Waals surface area contributed by atoms with Gasteiger partial charge >= 0.3 is 0 Å². The third-order valence-corrected chi connectivity index (χ3v) is 2.85. The molecule has 3 N–H and O–H groups in total. The van der Waals surface area contributed by atoms with Crippen molar-refractivity contribution in [2.75, 3.05) is 11.9 Å². The average Bonchev–Trinajstić information content (AvgIpc) is 3.04. The molecule has 1 saturated carbocycles. The van der Waals surface area contributed by atoms with Gasteiger partial charge in [0.1, 0.15) is 5.75 Å². The van der Waals surface area contributed by atoms with Gasteiger partial charge in [-0.25, -0.2) is 0 Å². The zero-order valence-electron chi connectivity index (χ0n) is 8.66. The Bertz CT molecular complexity index is 405. The summed E-state index contributed by atoms with van der Waals surface area (Å²) in [4.78, 5) is 11.5. The van der Waals surface area contributed by atoms with E-state index in [0.29, 0.717) is 11.7 Å². The molecule has 5 heteroatoms. The van der Waals surface area contributed by atoms with Gasteiger partial charge in [0.15, 0.2) is 0 Å². The number of halogens is 1. The minimum Gasteiger partial charge on any atom is -0.506 e. The molecule has 0 saturated heterocycles. The standard InChI is InChI=1S/C11H13BrN2O2/c12-7-1-4-10(15)9(5-7)14-11(16)6-13-8-2-3-8/h1,4-5,8,13,15H,2-3,6H2,(H,14,16). The summed E-state index contributed by atoms with van der Waals surface area (Å²) >= 11 is 3.28. The average molecular weight is 285 g/mol. The van der Waals surface area contributed by atoms with Gasteiger partial charge in [-0.1, -0.05) is 15.9 Å². The number of anilines is 1. The molecule has 0 aliphatic heterocycles. The maximum atomic E-state index is 11.5. The number of rotatable bonds is 4. The molecular formula is C11H13BrN2O2. The Labute approximate surface area is 102 Å². The van der Waals surface area contributed by atoms with Crippen LogP contribution in [0.2, 0.25) is 0 Å². The van der Waals surface area contributed by atoms with Crippen LogP contribution in [0, 0.1) is 0 Å². The van der Waals surface area contributed by atoms with E-state index in [1.807, 2.05) is 0 Å². The maximum absolute atomic E-state index is 11.5. The number of benzene rings is 1. The highest BCUT2D eigenvalue weighted by atomic mass is 79.9. The van der Waals surface area contributed by atoms with E-state index in [2.05, 4.69) is 26.6 Å². The normalized spacial score (nSPS) is 14.8. The fourth-order valence-corrected chi connectivity index (χ4v) is 1.69. The van der Waals surface area contributed by atoms with Crippen LogP contribution in [0.1, 0.15) is 12.8 Å². The molecule has 1 aromatic rings. The molecule has 0 aromatic heterocycles. The lowest BCUT2D eigenvalue weighted by molar-refractivity contribution is -0.115. The second-order valence-electron chi connectivity index (χ2n) is 3.86. The quantitative estimate of drug-likeness (QED) is 0.740. The predicted octanol–water partition coefficient (Wildman–Crippen LogP) is 1.85. The van der Waals surface area contributed by atoms with Gasteiger partial charge in [-0.05, 0) is 31.0 Å². The summed E-state index contributed by atoms with van der Waals surface area (Å²) in [5, 5.41) is 15.3. The summed E-state index contributed by atoms with van der Waals surface area (Å²) < 4.78 is 0.816. The molecule has 2 rings (SSSR count). The summed E-state index contributed by atoms with van der Waals surface area (Å²) in [6.07, 6.45) is 2.30. The number of carbonyl (C=O) groups excluding carboxylic acids is 1. The second kappa shape index (κ2) is 4.84. The van der Waals surface area contributed by atoms with Crippen LogP contribution in [0.5, 0.6) is 5.75 Å². The van der Waals surface area contributed by atoms with Gasteiger partial charge in [0.25, 0.3) is 0 Å². The van der Waals surface area contributed by atoms with Gasteiger partial charge < -0.3 is 15.7 Å². The third kappa shape index (κ3) is 3.21. The van der Waals surface area contributed by atoms with Gasteiger partial charge in [0, 0.05) is 10.5 Å². The fraction of sp³-hybridized carbons (Fsp3) is 0.364. The van der Waals surface area contributed by atoms with E-state index in [9.17, 15) is 9.90 Å². The third-order valence-electron chi connectivity index (χ3n) is 2.36. The molecule has 0 bridgehead atoms. The number of phenolic OH excluding ortho intramolecular Hbond substituents is 1. The molecule has 16 heavy (non-hydrogen) atoms. The van der Waals surface area contributed by atoms with Gasteiger partial charge in [0.2, 0.25) is 5.91 Å². The van der Waals surface area contributed by atoms with Crippen molar-refractivity contribution in [2.24, 2.45) is 0 Å². The van der Waals surface area contributed by atoms with Crippen LogP contribution in [0.3, 0.4) is 0 Å². The molecule has 4 nitrogen and oxygen atoms in total. The van der Waals surface area contributed by atoms with E-state index < -0.39 is 0 Å². The predicted molar refractivity (Wildman–Crippen MR) is 65.5 cm³/mol. The van der Waals surface area contributed by atoms with Crippen LogP contribution in [0.15, 0.2) is 22.7 Å². The molecule has 0 unspecified atom stereocenters. The van der Waals surface area contributed by atoms with E-state index in [1.165, 1.54) is 6.07 Å². The molecular weight excluding hydrogens is 272 g/mol. The van der Waals surface area contributed by atoms with E-state index in [0.717, 1.165) is 17.3 Å². The van der Waals surface area contributed by atoms with Gasteiger partial charge in [-0.2, -0.15) is 0 Å². The number of phenols is 1. The monoisotopic (exact) mass is 284 g/mol. The number of amides is 1. The van der Waals surface area contributed by atoms with E-state index in [-0.39, 0.29) is 18.2 Å². The highest BCUT2D eigenvalue weighted by Gasteiger charge is 2.21. The van der Waals surface area contributed by atoms with Gasteiger partial charge in [0.05, 0.1) is 12.2 Å². The molecule has 1 fully saturated rings. The summed E-state index contributed by atoms with van der Waals surface area (Å²) in [5.41, 5.74) is 0.428. The highest BCUT2D eigenvalue weighted by molar-refractivity contribution is 9.10. The van der Waals surface area contributed by atoms with Crippen LogP contribution in [-0.4, -0.2) is 23.6 Å². The maximum Gasteiger partial charge on any atom is 0.238 e. The minimum atomic E-state index is -0.139. The first kappa shape index (κ1) is 11.4. The molecule has 1 aliphatic rings. The van der Waals surface area contributed by atoms with E-state index >= 15 is 0 Å². The smallest absolute Gasteiger partial charge is 0.238 e. The molecule has 0 heterocycles. The van der Waals surface area contributed by atoms with Crippen molar-refractivity contribution in [1.29, 1.82) is 0 Å². The van der Waals surface area contributed by atoms with Gasteiger partial charge in [-0.3, -0.25) is 4.79 Å². The molecule has 0 spiro atoms. The van der Waals surface area contributed by atoms with Crippen LogP contribution in [0.4, 0.5) is 5.69 Å². The summed E-state index contributed by atoms with van der Waals surface area (Å²) in [5.74, 6) is -0.0664. The largest absolute Gasteiger partial charge is 0.506 e. The minimum absolute atomic E-state index is 0.0722. The Balaban J connectivity index is 1.91. The lowest BCUT2D eigenvalue weighted by atomic mass is 10.3. The van der Waals surface area contributed by atoms with Crippen LogP contribution in [0.25, 0.3) is 0 Å². The molecule has 86 valence electrons. The summed E-state index contributed by atoms with van der Waals surface area (Å²) in [6, 6.07) is 5.42. The summed E-state index contributed by atoms with van der Waals surface area (Å²) in [6.45, 7) is 0.288. The first-order valence-corrected chi connectivity index (χ1v) is 5.96. The van der Waals surface area contributed by atoms with Crippen LogP contribution in [-0.2, 0) is 4.79 Å².